The normalized spacial score (nSPS) is 13.3. The minimum atomic E-state index is -0.553. The van der Waals surface area contributed by atoms with Gasteiger partial charge >= 0.3 is 0 Å². The summed E-state index contributed by atoms with van der Waals surface area (Å²) < 4.78 is 0. The maximum Gasteiger partial charge on any atom is 0.241 e. The lowest BCUT2D eigenvalue weighted by Gasteiger charge is -2.25. The lowest BCUT2D eigenvalue weighted by atomic mass is 9.87. The van der Waals surface area contributed by atoms with Crippen molar-refractivity contribution in [1.82, 2.24) is 0 Å². The molecule has 0 spiro atoms. The van der Waals surface area contributed by atoms with Gasteiger partial charge in [0.05, 0.1) is 6.04 Å². The molecule has 0 heterocycles. The van der Waals surface area contributed by atoms with Gasteiger partial charge in [-0.3, -0.25) is 4.79 Å². The second kappa shape index (κ2) is 5.07. The van der Waals surface area contributed by atoms with E-state index in [-0.39, 0.29) is 11.3 Å². The van der Waals surface area contributed by atoms with Crippen LogP contribution in [0.4, 0.5) is 5.69 Å². The topological polar surface area (TPSA) is 55.1 Å². The molecule has 0 aliphatic rings. The summed E-state index contributed by atoms with van der Waals surface area (Å²) in [7, 11) is 0. The van der Waals surface area contributed by atoms with Crippen molar-refractivity contribution in [2.24, 2.45) is 11.1 Å². The summed E-state index contributed by atoms with van der Waals surface area (Å²) in [4.78, 5) is 11.9. The summed E-state index contributed by atoms with van der Waals surface area (Å²) in [6.45, 7) is 7.70. The van der Waals surface area contributed by atoms with Crippen LogP contribution in [0.1, 0.15) is 26.3 Å². The van der Waals surface area contributed by atoms with Crippen molar-refractivity contribution < 1.29 is 4.79 Å². The average molecular weight is 255 g/mol. The molecule has 0 saturated carbocycles. The highest BCUT2D eigenvalue weighted by Crippen LogP contribution is 2.22. The van der Waals surface area contributed by atoms with E-state index in [9.17, 15) is 4.79 Å². The van der Waals surface area contributed by atoms with Gasteiger partial charge in [-0.05, 0) is 30.0 Å². The maximum atomic E-state index is 11.9. The van der Waals surface area contributed by atoms with Gasteiger partial charge in [-0.2, -0.15) is 0 Å². The highest BCUT2D eigenvalue weighted by atomic mass is 35.5. The molecule has 1 rings (SSSR count). The second-order valence-electron chi connectivity index (χ2n) is 5.30. The molecule has 0 unspecified atom stereocenters. The predicted molar refractivity (Wildman–Crippen MR) is 72.2 cm³/mol. The Hall–Kier alpha value is -1.06. The Morgan fingerprint density at radius 3 is 2.47 bits per heavy atom. The van der Waals surface area contributed by atoms with Crippen LogP contribution in [0.25, 0.3) is 0 Å². The standard InChI is InChI=1S/C13H19ClN2O/c1-8-5-6-9(7-10(8)14)16-12(17)11(15)13(2,3)4/h5-7,11H,15H2,1-4H3,(H,16,17)/t11-/m1/s1. The highest BCUT2D eigenvalue weighted by molar-refractivity contribution is 6.31. The number of nitrogens with two attached hydrogens (primary N) is 1. The fourth-order valence-corrected chi connectivity index (χ4v) is 1.46. The molecule has 0 aliphatic heterocycles. The monoisotopic (exact) mass is 254 g/mol. The number of hydrogen-bond acceptors (Lipinski definition) is 2. The predicted octanol–water partition coefficient (Wildman–Crippen LogP) is 2.96. The van der Waals surface area contributed by atoms with Crippen molar-refractivity contribution in [3.8, 4) is 0 Å². The van der Waals surface area contributed by atoms with Gasteiger partial charge in [0.1, 0.15) is 0 Å². The van der Waals surface area contributed by atoms with Crippen LogP contribution in [0.2, 0.25) is 5.02 Å². The minimum Gasteiger partial charge on any atom is -0.325 e. The van der Waals surface area contributed by atoms with E-state index in [2.05, 4.69) is 5.32 Å². The molecular formula is C13H19ClN2O. The summed E-state index contributed by atoms with van der Waals surface area (Å²) in [6.07, 6.45) is 0. The fourth-order valence-electron chi connectivity index (χ4n) is 1.28. The van der Waals surface area contributed by atoms with Crippen molar-refractivity contribution in [2.75, 3.05) is 5.32 Å². The Labute approximate surface area is 107 Å². The minimum absolute atomic E-state index is 0.197. The zero-order valence-electron chi connectivity index (χ0n) is 10.7. The van der Waals surface area contributed by atoms with E-state index in [1.165, 1.54) is 0 Å². The van der Waals surface area contributed by atoms with E-state index < -0.39 is 6.04 Å². The molecule has 1 amide bonds. The van der Waals surface area contributed by atoms with Gasteiger partial charge in [0.15, 0.2) is 0 Å². The van der Waals surface area contributed by atoms with Crippen LogP contribution < -0.4 is 11.1 Å². The molecule has 0 radical (unpaired) electrons. The Bertz CT molecular complexity index is 424. The van der Waals surface area contributed by atoms with Crippen molar-refractivity contribution >= 4 is 23.2 Å². The number of amides is 1. The number of nitrogens with one attached hydrogen (secondary N) is 1. The summed E-state index contributed by atoms with van der Waals surface area (Å²) >= 11 is 5.98. The molecule has 1 aromatic carbocycles. The summed E-state index contributed by atoms with van der Waals surface area (Å²) in [5, 5.41) is 3.40. The number of carbonyl (C=O) groups is 1. The number of rotatable bonds is 2. The maximum absolute atomic E-state index is 11.9. The Morgan fingerprint density at radius 2 is 2.00 bits per heavy atom. The van der Waals surface area contributed by atoms with Gasteiger partial charge in [-0.1, -0.05) is 38.4 Å². The molecule has 0 aromatic heterocycles. The molecule has 4 heteroatoms. The zero-order chi connectivity index (χ0) is 13.2. The molecule has 0 fully saturated rings. The van der Waals surface area contributed by atoms with Crippen molar-refractivity contribution in [1.29, 1.82) is 0 Å². The Morgan fingerprint density at radius 1 is 1.41 bits per heavy atom. The van der Waals surface area contributed by atoms with Crippen LogP contribution in [0.5, 0.6) is 0 Å². The number of aryl methyl sites for hydroxylation is 1. The molecule has 1 atom stereocenters. The first-order valence-corrected chi connectivity index (χ1v) is 5.92. The molecule has 3 nitrogen and oxygen atoms in total. The number of hydrogen-bond donors (Lipinski definition) is 2. The lowest BCUT2D eigenvalue weighted by Crippen LogP contribution is -2.45. The van der Waals surface area contributed by atoms with E-state index in [0.717, 1.165) is 5.56 Å². The third-order valence-electron chi connectivity index (χ3n) is 2.65. The molecule has 0 saturated heterocycles. The SMILES string of the molecule is Cc1ccc(NC(=O)[C@@H](N)C(C)(C)C)cc1Cl. The first kappa shape index (κ1) is 14.0. The van der Waals surface area contributed by atoms with E-state index >= 15 is 0 Å². The highest BCUT2D eigenvalue weighted by Gasteiger charge is 2.27. The van der Waals surface area contributed by atoms with Gasteiger partial charge in [0, 0.05) is 10.7 Å². The largest absolute Gasteiger partial charge is 0.325 e. The quantitative estimate of drug-likeness (QED) is 0.853. The van der Waals surface area contributed by atoms with Crippen LogP contribution in [0.15, 0.2) is 18.2 Å². The summed E-state index contributed by atoms with van der Waals surface area (Å²) in [6, 6.07) is 4.85. The third-order valence-corrected chi connectivity index (χ3v) is 3.06. The van der Waals surface area contributed by atoms with Crippen LogP contribution in [0.3, 0.4) is 0 Å². The van der Waals surface area contributed by atoms with Crippen LogP contribution in [-0.4, -0.2) is 11.9 Å². The van der Waals surface area contributed by atoms with Crippen LogP contribution in [-0.2, 0) is 4.79 Å². The first-order chi connectivity index (χ1) is 7.71. The fraction of sp³-hybridized carbons (Fsp3) is 0.462. The number of anilines is 1. The van der Waals surface area contributed by atoms with Gasteiger partial charge in [-0.15, -0.1) is 0 Å². The lowest BCUT2D eigenvalue weighted by molar-refractivity contribution is -0.119. The molecule has 1 aromatic rings. The molecule has 94 valence electrons. The van der Waals surface area contributed by atoms with E-state index in [1.54, 1.807) is 6.07 Å². The Balaban J connectivity index is 2.78. The van der Waals surface area contributed by atoms with Crippen LogP contribution in [0, 0.1) is 12.3 Å². The van der Waals surface area contributed by atoms with Gasteiger partial charge in [-0.25, -0.2) is 0 Å². The first-order valence-electron chi connectivity index (χ1n) is 5.54. The number of benzene rings is 1. The van der Waals surface area contributed by atoms with E-state index in [1.807, 2.05) is 39.8 Å². The molecule has 0 aliphatic carbocycles. The van der Waals surface area contributed by atoms with Crippen molar-refractivity contribution in [3.05, 3.63) is 28.8 Å². The Kier molecular flexibility index (Phi) is 4.17. The van der Waals surface area contributed by atoms with Crippen molar-refractivity contribution in [3.63, 3.8) is 0 Å². The zero-order valence-corrected chi connectivity index (χ0v) is 11.4. The molecule has 17 heavy (non-hydrogen) atoms. The van der Waals surface area contributed by atoms with Crippen LogP contribution >= 0.6 is 11.6 Å². The summed E-state index contributed by atoms with van der Waals surface area (Å²) in [5.74, 6) is -0.197. The smallest absolute Gasteiger partial charge is 0.241 e. The second-order valence-corrected chi connectivity index (χ2v) is 5.70. The van der Waals surface area contributed by atoms with Gasteiger partial charge in [0.25, 0.3) is 0 Å². The summed E-state index contributed by atoms with van der Waals surface area (Å²) in [5.41, 5.74) is 7.25. The van der Waals surface area contributed by atoms with E-state index in [4.69, 9.17) is 17.3 Å². The van der Waals surface area contributed by atoms with Crippen molar-refractivity contribution in [2.45, 2.75) is 33.7 Å². The van der Waals surface area contributed by atoms with E-state index in [0.29, 0.717) is 10.7 Å². The van der Waals surface area contributed by atoms with Gasteiger partial charge in [0.2, 0.25) is 5.91 Å². The van der Waals surface area contributed by atoms with Gasteiger partial charge < -0.3 is 11.1 Å². The molecular weight excluding hydrogens is 236 g/mol. The average Bonchev–Trinajstić information content (AvgIpc) is 2.21. The number of carbonyl (C=O) groups excluding carboxylic acids is 1. The molecule has 0 bridgehead atoms. The number of halogens is 1. The molecule has 3 N–H and O–H groups in total. The third kappa shape index (κ3) is 3.72.